The fraction of sp³-hybridized carbons (Fsp3) is 0.308. The van der Waals surface area contributed by atoms with Gasteiger partial charge in [0.25, 0.3) is 0 Å². The minimum absolute atomic E-state index is 0.389. The summed E-state index contributed by atoms with van der Waals surface area (Å²) in [4.78, 5) is 8.72. The topological polar surface area (TPSA) is 56.7 Å². The third kappa shape index (κ3) is 2.33. The number of rotatable bonds is 4. The Kier molecular flexibility index (Phi) is 3.21. The van der Waals surface area contributed by atoms with E-state index >= 15 is 0 Å². The average Bonchev–Trinajstić information content (AvgIpc) is 2.99. The van der Waals surface area contributed by atoms with Crippen LogP contribution in [-0.4, -0.2) is 19.7 Å². The van der Waals surface area contributed by atoms with E-state index in [2.05, 4.69) is 19.7 Å². The smallest absolute Gasteiger partial charge is 0.223 e. The van der Waals surface area contributed by atoms with Gasteiger partial charge in [-0.15, -0.1) is 11.6 Å². The van der Waals surface area contributed by atoms with Crippen molar-refractivity contribution < 1.29 is 4.52 Å². The number of nitrogens with zero attached hydrogens (tertiary/aromatic N) is 4. The molecule has 0 fully saturated rings. The van der Waals surface area contributed by atoms with Gasteiger partial charge in [0, 0.05) is 19.9 Å². The van der Waals surface area contributed by atoms with Crippen molar-refractivity contribution in [2.75, 3.05) is 0 Å². The van der Waals surface area contributed by atoms with Crippen LogP contribution < -0.4 is 0 Å². The second-order valence-electron chi connectivity index (χ2n) is 4.28. The maximum atomic E-state index is 5.96. The molecular weight excluding hydrogens is 264 g/mol. The van der Waals surface area contributed by atoms with Crippen LogP contribution in [0.4, 0.5) is 0 Å². The predicted octanol–water partition coefficient (Wildman–Crippen LogP) is 2.71. The molecule has 0 saturated heterocycles. The van der Waals surface area contributed by atoms with E-state index in [1.807, 2.05) is 24.3 Å². The molecule has 0 aliphatic rings. The summed E-state index contributed by atoms with van der Waals surface area (Å²) in [6, 6.07) is 8.00. The lowest BCUT2D eigenvalue weighted by Crippen LogP contribution is -2.06. The molecule has 0 unspecified atom stereocenters. The summed E-state index contributed by atoms with van der Waals surface area (Å²) in [6.45, 7) is 2.52. The van der Waals surface area contributed by atoms with Crippen molar-refractivity contribution >= 4 is 22.6 Å². The predicted molar refractivity (Wildman–Crippen MR) is 72.0 cm³/mol. The molecular formula is C13H13ClN4O. The van der Waals surface area contributed by atoms with Crippen LogP contribution in [0.5, 0.6) is 0 Å². The van der Waals surface area contributed by atoms with Gasteiger partial charge in [0.15, 0.2) is 5.82 Å². The molecule has 0 bridgehead atoms. The Bertz CT molecular complexity index is 704. The Labute approximate surface area is 115 Å². The van der Waals surface area contributed by atoms with Crippen molar-refractivity contribution in [2.45, 2.75) is 25.8 Å². The van der Waals surface area contributed by atoms with Crippen molar-refractivity contribution in [3.8, 4) is 0 Å². The largest absolute Gasteiger partial charge is 0.340 e. The number of fused-ring (bicyclic) bond motifs is 1. The standard InChI is InChI=1S/C13H13ClN4O/c1-9-15-12(17-19-9)6-7-18-11-5-3-2-4-10(11)16-13(18)8-14/h2-5H,6-8H2,1H3. The quantitative estimate of drug-likeness (QED) is 0.688. The van der Waals surface area contributed by atoms with Gasteiger partial charge in [0.1, 0.15) is 5.82 Å². The molecule has 6 heteroatoms. The number of imidazole rings is 1. The maximum absolute atomic E-state index is 5.96. The first-order valence-corrected chi connectivity index (χ1v) is 6.60. The number of hydrogen-bond donors (Lipinski definition) is 0. The summed E-state index contributed by atoms with van der Waals surface area (Å²) < 4.78 is 7.07. The molecule has 0 atom stereocenters. The zero-order chi connectivity index (χ0) is 13.2. The monoisotopic (exact) mass is 276 g/mol. The van der Waals surface area contributed by atoms with Crippen molar-refractivity contribution in [1.29, 1.82) is 0 Å². The Morgan fingerprint density at radius 3 is 2.84 bits per heavy atom. The summed E-state index contributed by atoms with van der Waals surface area (Å²) in [6.07, 6.45) is 0.696. The van der Waals surface area contributed by atoms with Gasteiger partial charge in [-0.1, -0.05) is 17.3 Å². The molecule has 3 aromatic rings. The number of benzene rings is 1. The first-order chi connectivity index (χ1) is 9.28. The number of halogens is 1. The Morgan fingerprint density at radius 1 is 1.26 bits per heavy atom. The van der Waals surface area contributed by atoms with Gasteiger partial charge in [-0.05, 0) is 12.1 Å². The summed E-state index contributed by atoms with van der Waals surface area (Å²) in [5.41, 5.74) is 2.04. The fourth-order valence-electron chi connectivity index (χ4n) is 2.13. The first-order valence-electron chi connectivity index (χ1n) is 6.07. The molecule has 19 heavy (non-hydrogen) atoms. The van der Waals surface area contributed by atoms with Crippen LogP contribution in [0.2, 0.25) is 0 Å². The highest BCUT2D eigenvalue weighted by Crippen LogP contribution is 2.17. The number of aromatic nitrogens is 4. The molecule has 3 rings (SSSR count). The van der Waals surface area contributed by atoms with Crippen LogP contribution in [0, 0.1) is 6.92 Å². The first kappa shape index (κ1) is 12.2. The van der Waals surface area contributed by atoms with E-state index < -0.39 is 0 Å². The minimum atomic E-state index is 0.389. The Balaban J connectivity index is 1.90. The molecule has 0 radical (unpaired) electrons. The number of para-hydroxylation sites is 2. The molecule has 0 amide bonds. The number of aryl methyl sites for hydroxylation is 3. The normalized spacial score (nSPS) is 11.3. The highest BCUT2D eigenvalue weighted by Gasteiger charge is 2.10. The summed E-state index contributed by atoms with van der Waals surface area (Å²) >= 11 is 5.96. The summed E-state index contributed by atoms with van der Waals surface area (Å²) in [7, 11) is 0. The van der Waals surface area contributed by atoms with Crippen molar-refractivity contribution in [2.24, 2.45) is 0 Å². The molecule has 98 valence electrons. The molecule has 0 N–H and O–H groups in total. The van der Waals surface area contributed by atoms with Crippen LogP contribution >= 0.6 is 11.6 Å². The molecule has 2 heterocycles. The average molecular weight is 277 g/mol. The summed E-state index contributed by atoms with van der Waals surface area (Å²) in [5.74, 6) is 2.54. The lowest BCUT2D eigenvalue weighted by atomic mass is 10.3. The lowest BCUT2D eigenvalue weighted by molar-refractivity contribution is 0.386. The van der Waals surface area contributed by atoms with Crippen LogP contribution in [0.1, 0.15) is 17.5 Å². The minimum Gasteiger partial charge on any atom is -0.340 e. The SMILES string of the molecule is Cc1nc(CCn2c(CCl)nc3ccccc32)no1. The van der Waals surface area contributed by atoms with Gasteiger partial charge < -0.3 is 9.09 Å². The van der Waals surface area contributed by atoms with E-state index in [-0.39, 0.29) is 0 Å². The van der Waals surface area contributed by atoms with Crippen molar-refractivity contribution in [3.05, 3.63) is 41.8 Å². The van der Waals surface area contributed by atoms with Gasteiger partial charge in [-0.25, -0.2) is 4.98 Å². The fourth-order valence-corrected chi connectivity index (χ4v) is 2.34. The van der Waals surface area contributed by atoms with Gasteiger partial charge in [-0.3, -0.25) is 0 Å². The Morgan fingerprint density at radius 2 is 2.11 bits per heavy atom. The van der Waals surface area contributed by atoms with Crippen molar-refractivity contribution in [3.63, 3.8) is 0 Å². The third-order valence-corrected chi connectivity index (χ3v) is 3.22. The molecule has 2 aromatic heterocycles. The zero-order valence-corrected chi connectivity index (χ0v) is 11.3. The second kappa shape index (κ2) is 5.01. The lowest BCUT2D eigenvalue weighted by Gasteiger charge is -2.05. The van der Waals surface area contributed by atoms with E-state index in [0.29, 0.717) is 24.0 Å². The zero-order valence-electron chi connectivity index (χ0n) is 10.5. The molecule has 1 aromatic carbocycles. The molecule has 0 saturated carbocycles. The van der Waals surface area contributed by atoms with E-state index in [9.17, 15) is 0 Å². The third-order valence-electron chi connectivity index (χ3n) is 2.98. The molecule has 0 spiro atoms. The van der Waals surface area contributed by atoms with Gasteiger partial charge in [-0.2, -0.15) is 4.98 Å². The van der Waals surface area contributed by atoms with Crippen molar-refractivity contribution in [1.82, 2.24) is 19.7 Å². The van der Waals surface area contributed by atoms with Gasteiger partial charge in [0.2, 0.25) is 5.89 Å². The van der Waals surface area contributed by atoms with Crippen LogP contribution in [0.15, 0.2) is 28.8 Å². The summed E-state index contributed by atoms with van der Waals surface area (Å²) in [5, 5.41) is 3.90. The van der Waals surface area contributed by atoms with Gasteiger partial charge >= 0.3 is 0 Å². The number of alkyl halides is 1. The van der Waals surface area contributed by atoms with Crippen LogP contribution in [-0.2, 0) is 18.8 Å². The highest BCUT2D eigenvalue weighted by molar-refractivity contribution is 6.16. The molecule has 5 nitrogen and oxygen atoms in total. The van der Waals surface area contributed by atoms with Crippen LogP contribution in [0.3, 0.4) is 0 Å². The van der Waals surface area contributed by atoms with E-state index in [0.717, 1.165) is 23.4 Å². The maximum Gasteiger partial charge on any atom is 0.223 e. The van der Waals surface area contributed by atoms with E-state index in [1.165, 1.54) is 0 Å². The Hall–Kier alpha value is -1.88. The van der Waals surface area contributed by atoms with E-state index in [1.54, 1.807) is 6.92 Å². The second-order valence-corrected chi connectivity index (χ2v) is 4.55. The molecule has 0 aliphatic carbocycles. The number of hydrogen-bond acceptors (Lipinski definition) is 4. The molecule has 0 aliphatic heterocycles. The highest BCUT2D eigenvalue weighted by atomic mass is 35.5. The van der Waals surface area contributed by atoms with E-state index in [4.69, 9.17) is 16.1 Å². The van der Waals surface area contributed by atoms with Gasteiger partial charge in [0.05, 0.1) is 16.9 Å². The van der Waals surface area contributed by atoms with Crippen LogP contribution in [0.25, 0.3) is 11.0 Å².